The second kappa shape index (κ2) is 4.25. The number of hydrogen-bond donors (Lipinski definition) is 1. The Morgan fingerprint density at radius 1 is 1.44 bits per heavy atom. The van der Waals surface area contributed by atoms with E-state index < -0.39 is 21.2 Å². The highest BCUT2D eigenvalue weighted by molar-refractivity contribution is 7.91. The maximum Gasteiger partial charge on any atom is 0.152 e. The van der Waals surface area contributed by atoms with Gasteiger partial charge >= 0.3 is 0 Å². The molecular formula is C12H13FN2O2S. The first-order valence-electron chi connectivity index (χ1n) is 5.51. The van der Waals surface area contributed by atoms with Gasteiger partial charge in [-0.1, -0.05) is 0 Å². The molecule has 0 aliphatic carbocycles. The Kier molecular flexibility index (Phi) is 3.03. The second-order valence-corrected chi connectivity index (χ2v) is 7.05. The van der Waals surface area contributed by atoms with Crippen LogP contribution in [0.2, 0.25) is 0 Å². The van der Waals surface area contributed by atoms with E-state index in [2.05, 4.69) is 5.32 Å². The van der Waals surface area contributed by atoms with Gasteiger partial charge in [-0.3, -0.25) is 0 Å². The van der Waals surface area contributed by atoms with Crippen LogP contribution in [0.5, 0.6) is 0 Å². The summed E-state index contributed by atoms with van der Waals surface area (Å²) < 4.78 is 36.2. The van der Waals surface area contributed by atoms with Gasteiger partial charge in [0.25, 0.3) is 0 Å². The highest BCUT2D eigenvalue weighted by Gasteiger charge is 2.38. The van der Waals surface area contributed by atoms with Crippen molar-refractivity contribution in [2.45, 2.75) is 18.9 Å². The van der Waals surface area contributed by atoms with Crippen LogP contribution in [0.3, 0.4) is 0 Å². The zero-order valence-electron chi connectivity index (χ0n) is 9.90. The molecule has 0 bridgehead atoms. The van der Waals surface area contributed by atoms with Crippen molar-refractivity contribution in [3.63, 3.8) is 0 Å². The molecule has 2 rings (SSSR count). The number of nitriles is 1. The summed E-state index contributed by atoms with van der Waals surface area (Å²) in [5, 5.41) is 11.8. The van der Waals surface area contributed by atoms with Gasteiger partial charge in [0.2, 0.25) is 0 Å². The van der Waals surface area contributed by atoms with Crippen LogP contribution in [0.4, 0.5) is 10.1 Å². The fourth-order valence-corrected chi connectivity index (χ4v) is 4.28. The number of nitrogens with one attached hydrogen (secondary N) is 1. The lowest BCUT2D eigenvalue weighted by atomic mass is 10.0. The summed E-state index contributed by atoms with van der Waals surface area (Å²) in [6.07, 6.45) is 0.480. The molecule has 0 spiro atoms. The molecule has 96 valence electrons. The molecule has 1 atom stereocenters. The first-order valence-corrected chi connectivity index (χ1v) is 7.33. The Morgan fingerprint density at radius 3 is 2.72 bits per heavy atom. The molecule has 1 aromatic rings. The van der Waals surface area contributed by atoms with E-state index in [1.54, 1.807) is 6.92 Å². The largest absolute Gasteiger partial charge is 0.379 e. The summed E-state index contributed by atoms with van der Waals surface area (Å²) in [7, 11) is -3.02. The molecule has 0 saturated carbocycles. The molecule has 1 N–H and O–H groups in total. The zero-order chi connectivity index (χ0) is 13.4. The predicted molar refractivity (Wildman–Crippen MR) is 66.4 cm³/mol. The zero-order valence-corrected chi connectivity index (χ0v) is 10.7. The summed E-state index contributed by atoms with van der Waals surface area (Å²) in [5.74, 6) is -0.351. The highest BCUT2D eigenvalue weighted by atomic mass is 32.2. The van der Waals surface area contributed by atoms with Crippen LogP contribution < -0.4 is 5.32 Å². The minimum atomic E-state index is -3.02. The minimum absolute atomic E-state index is 0.0262. The lowest BCUT2D eigenvalue weighted by Gasteiger charge is -2.25. The smallest absolute Gasteiger partial charge is 0.152 e. The van der Waals surface area contributed by atoms with E-state index in [9.17, 15) is 12.8 Å². The van der Waals surface area contributed by atoms with Gasteiger partial charge in [-0.2, -0.15) is 5.26 Å². The normalized spacial score (nSPS) is 25.6. The monoisotopic (exact) mass is 268 g/mol. The number of sulfone groups is 1. The van der Waals surface area contributed by atoms with Crippen LogP contribution in [-0.2, 0) is 9.84 Å². The van der Waals surface area contributed by atoms with Crippen LogP contribution in [0.1, 0.15) is 18.9 Å². The Labute approximate surface area is 105 Å². The molecule has 4 nitrogen and oxygen atoms in total. The highest BCUT2D eigenvalue weighted by Crippen LogP contribution is 2.28. The molecule has 0 radical (unpaired) electrons. The van der Waals surface area contributed by atoms with Crippen molar-refractivity contribution < 1.29 is 12.8 Å². The van der Waals surface area contributed by atoms with E-state index >= 15 is 0 Å². The molecule has 1 fully saturated rings. The molecule has 1 unspecified atom stereocenters. The number of rotatable bonds is 2. The fourth-order valence-electron chi connectivity index (χ4n) is 2.18. The lowest BCUT2D eigenvalue weighted by molar-refractivity contribution is 0.572. The number of halogens is 1. The van der Waals surface area contributed by atoms with Crippen molar-refractivity contribution in [1.82, 2.24) is 0 Å². The molecule has 6 heteroatoms. The predicted octanol–water partition coefficient (Wildman–Crippen LogP) is 1.69. The van der Waals surface area contributed by atoms with Gasteiger partial charge in [0.05, 0.1) is 23.1 Å². The maximum absolute atomic E-state index is 13.3. The Hall–Kier alpha value is -1.61. The summed E-state index contributed by atoms with van der Waals surface area (Å²) in [4.78, 5) is 0. The lowest BCUT2D eigenvalue weighted by Crippen LogP contribution is -2.35. The first kappa shape index (κ1) is 12.8. The summed E-state index contributed by atoms with van der Waals surface area (Å²) in [5.41, 5.74) is 0.0485. The Balaban J connectivity index is 2.25. The number of hydrogen-bond acceptors (Lipinski definition) is 4. The van der Waals surface area contributed by atoms with Crippen LogP contribution >= 0.6 is 0 Å². The molecular weight excluding hydrogens is 255 g/mol. The summed E-state index contributed by atoms with van der Waals surface area (Å²) >= 11 is 0. The van der Waals surface area contributed by atoms with Crippen LogP contribution in [0.25, 0.3) is 0 Å². The molecule has 1 heterocycles. The number of benzene rings is 1. The minimum Gasteiger partial charge on any atom is -0.379 e. The Bertz CT molecular complexity index is 621. The Morgan fingerprint density at radius 2 is 2.17 bits per heavy atom. The molecule has 1 aliphatic heterocycles. The van der Waals surface area contributed by atoms with Gasteiger partial charge in [0.1, 0.15) is 5.82 Å². The van der Waals surface area contributed by atoms with Gasteiger partial charge in [-0.15, -0.1) is 0 Å². The van der Waals surface area contributed by atoms with E-state index in [-0.39, 0.29) is 17.1 Å². The fraction of sp³-hybridized carbons (Fsp3) is 0.417. The third-order valence-electron chi connectivity index (χ3n) is 2.98. The summed E-state index contributed by atoms with van der Waals surface area (Å²) in [6.45, 7) is 1.79. The van der Waals surface area contributed by atoms with Crippen LogP contribution in [0, 0.1) is 17.1 Å². The molecule has 1 aliphatic rings. The van der Waals surface area contributed by atoms with E-state index in [1.807, 2.05) is 6.07 Å². The van der Waals surface area contributed by atoms with Crippen molar-refractivity contribution in [2.75, 3.05) is 16.8 Å². The van der Waals surface area contributed by atoms with Gasteiger partial charge in [0.15, 0.2) is 9.84 Å². The second-order valence-electron chi connectivity index (χ2n) is 4.87. The molecule has 1 saturated heterocycles. The van der Waals surface area contributed by atoms with Gasteiger partial charge in [0, 0.05) is 11.2 Å². The van der Waals surface area contributed by atoms with Crippen molar-refractivity contribution in [3.05, 3.63) is 29.6 Å². The maximum atomic E-state index is 13.3. The molecule has 18 heavy (non-hydrogen) atoms. The van der Waals surface area contributed by atoms with E-state index in [1.165, 1.54) is 12.1 Å². The van der Waals surface area contributed by atoms with Crippen LogP contribution in [0.15, 0.2) is 18.2 Å². The van der Waals surface area contributed by atoms with Crippen molar-refractivity contribution >= 4 is 15.5 Å². The van der Waals surface area contributed by atoms with Crippen molar-refractivity contribution in [1.29, 1.82) is 5.26 Å². The molecule has 0 aromatic heterocycles. The van der Waals surface area contributed by atoms with Crippen LogP contribution in [-0.4, -0.2) is 25.5 Å². The van der Waals surface area contributed by atoms with Gasteiger partial charge < -0.3 is 5.32 Å². The number of nitrogens with zero attached hydrogens (tertiary/aromatic N) is 1. The number of anilines is 1. The summed E-state index contributed by atoms with van der Waals surface area (Å²) in [6, 6.07) is 5.78. The van der Waals surface area contributed by atoms with Crippen molar-refractivity contribution in [3.8, 4) is 6.07 Å². The van der Waals surface area contributed by atoms with Crippen molar-refractivity contribution in [2.24, 2.45) is 0 Å². The van der Waals surface area contributed by atoms with Gasteiger partial charge in [-0.05, 0) is 31.5 Å². The van der Waals surface area contributed by atoms with E-state index in [0.29, 0.717) is 12.1 Å². The van der Waals surface area contributed by atoms with E-state index in [0.717, 1.165) is 6.07 Å². The first-order chi connectivity index (χ1) is 8.32. The third-order valence-corrected chi connectivity index (χ3v) is 4.88. The topological polar surface area (TPSA) is 70.0 Å². The molecule has 0 amide bonds. The quantitative estimate of drug-likeness (QED) is 0.886. The average molecular weight is 268 g/mol. The third kappa shape index (κ3) is 2.79. The average Bonchev–Trinajstić information content (AvgIpc) is 2.51. The SMILES string of the molecule is CC1(Nc2cc(F)cc(C#N)c2)CCS(=O)(=O)C1. The van der Waals surface area contributed by atoms with Gasteiger partial charge in [-0.25, -0.2) is 12.8 Å². The van der Waals surface area contributed by atoms with E-state index in [4.69, 9.17) is 5.26 Å². The molecule has 1 aromatic carbocycles. The standard InChI is InChI=1S/C12H13FN2O2S/c1-12(2-3-18(16,17)8-12)15-11-5-9(7-14)4-10(13)6-11/h4-6,15H,2-3,8H2,1H3.